The lowest BCUT2D eigenvalue weighted by Crippen LogP contribution is -2.27. The van der Waals surface area contributed by atoms with Crippen LogP contribution in [0.4, 0.5) is 11.4 Å². The van der Waals surface area contributed by atoms with E-state index in [9.17, 15) is 14.4 Å². The number of nitrogens with one attached hydrogen (secondary N) is 2. The fourth-order valence-electron chi connectivity index (χ4n) is 3.35. The van der Waals surface area contributed by atoms with E-state index < -0.39 is 0 Å². The molecule has 0 saturated carbocycles. The number of amides is 3. The molecule has 2 heterocycles. The Morgan fingerprint density at radius 2 is 1.81 bits per heavy atom. The first-order chi connectivity index (χ1) is 15.0. The first-order valence-corrected chi connectivity index (χ1v) is 10.8. The predicted octanol–water partition coefficient (Wildman–Crippen LogP) is 4.26. The molecule has 1 aliphatic rings. The van der Waals surface area contributed by atoms with Gasteiger partial charge >= 0.3 is 0 Å². The molecule has 3 amide bonds. The Bertz CT molecular complexity index is 1100. The van der Waals surface area contributed by atoms with Gasteiger partial charge in [0.25, 0.3) is 5.91 Å². The van der Waals surface area contributed by atoms with E-state index in [-0.39, 0.29) is 23.1 Å². The van der Waals surface area contributed by atoms with Gasteiger partial charge in [0, 0.05) is 23.9 Å². The molecule has 1 aliphatic heterocycles. The number of furan rings is 1. The first-order valence-electron chi connectivity index (χ1n) is 9.72. The molecule has 0 unspecified atom stereocenters. The van der Waals surface area contributed by atoms with Crippen molar-refractivity contribution < 1.29 is 18.8 Å². The van der Waals surface area contributed by atoms with Gasteiger partial charge in [-0.25, -0.2) is 0 Å². The fourth-order valence-corrected chi connectivity index (χ4v) is 4.54. The maximum atomic E-state index is 12.6. The third-order valence-electron chi connectivity index (χ3n) is 4.77. The molecule has 158 valence electrons. The Morgan fingerprint density at radius 1 is 1.06 bits per heavy atom. The average molecular weight is 436 g/mol. The monoisotopic (exact) mass is 435 g/mol. The normalized spacial score (nSPS) is 15.7. The lowest BCUT2D eigenvalue weighted by molar-refractivity contribution is -0.128. The second kappa shape index (κ2) is 9.09. The van der Waals surface area contributed by atoms with Gasteiger partial charge in [0.2, 0.25) is 11.8 Å². The van der Waals surface area contributed by atoms with Gasteiger partial charge in [0.15, 0.2) is 0 Å². The van der Waals surface area contributed by atoms with Crippen molar-refractivity contribution in [3.63, 3.8) is 0 Å². The molecule has 4 rings (SSSR count). The minimum Gasteiger partial charge on any atom is -0.467 e. The summed E-state index contributed by atoms with van der Waals surface area (Å²) in [4.78, 5) is 38.0. The van der Waals surface area contributed by atoms with Gasteiger partial charge in [-0.15, -0.1) is 11.8 Å². The molecule has 1 fully saturated rings. The minimum absolute atomic E-state index is 0.0623. The number of nitrogens with zero attached hydrogens (tertiary/aromatic N) is 1. The molecule has 0 radical (unpaired) electrons. The highest BCUT2D eigenvalue weighted by Gasteiger charge is 2.33. The van der Waals surface area contributed by atoms with Crippen LogP contribution in [0.15, 0.2) is 71.3 Å². The minimum atomic E-state index is -0.255. The molecule has 7 nitrogen and oxygen atoms in total. The summed E-state index contributed by atoms with van der Waals surface area (Å²) < 4.78 is 5.39. The van der Waals surface area contributed by atoms with Crippen LogP contribution < -0.4 is 10.6 Å². The molecular weight excluding hydrogens is 414 g/mol. The van der Waals surface area contributed by atoms with Crippen molar-refractivity contribution >= 4 is 40.9 Å². The number of hydrogen-bond donors (Lipinski definition) is 2. The zero-order valence-corrected chi connectivity index (χ0v) is 17.6. The van der Waals surface area contributed by atoms with Crippen molar-refractivity contribution in [2.75, 3.05) is 16.4 Å². The maximum absolute atomic E-state index is 12.6. The molecule has 2 aromatic carbocycles. The number of anilines is 2. The Morgan fingerprint density at radius 3 is 2.48 bits per heavy atom. The van der Waals surface area contributed by atoms with Gasteiger partial charge in [-0.3, -0.25) is 14.4 Å². The molecule has 1 atom stereocenters. The topological polar surface area (TPSA) is 91.7 Å². The van der Waals surface area contributed by atoms with Crippen molar-refractivity contribution in [3.8, 4) is 0 Å². The molecule has 1 aromatic heterocycles. The standard InChI is InChI=1S/C23H21N3O4S/c1-15(27)24-18-4-2-5-19(12-18)25-22(29)16-7-9-17(10-8-16)23-26(21(28)14-31-23)13-20-6-3-11-30-20/h2-12,23H,13-14H2,1H3,(H,24,27)(H,25,29)/t23-/m0/s1. The van der Waals surface area contributed by atoms with E-state index in [1.165, 1.54) is 6.92 Å². The average Bonchev–Trinajstić information content (AvgIpc) is 3.39. The number of thioether (sulfide) groups is 1. The molecule has 0 bridgehead atoms. The second-order valence-corrected chi connectivity index (χ2v) is 8.17. The van der Waals surface area contributed by atoms with Gasteiger partial charge in [0.05, 0.1) is 18.6 Å². The fraction of sp³-hybridized carbons (Fsp3) is 0.174. The van der Waals surface area contributed by atoms with Crippen molar-refractivity contribution in [1.29, 1.82) is 0 Å². The number of benzene rings is 2. The number of carbonyl (C=O) groups excluding carboxylic acids is 3. The zero-order valence-electron chi connectivity index (χ0n) is 16.8. The van der Waals surface area contributed by atoms with Gasteiger partial charge in [0.1, 0.15) is 11.1 Å². The second-order valence-electron chi connectivity index (χ2n) is 7.10. The third-order valence-corrected chi connectivity index (χ3v) is 6.03. The van der Waals surface area contributed by atoms with Crippen LogP contribution in [0.2, 0.25) is 0 Å². The molecule has 31 heavy (non-hydrogen) atoms. The van der Waals surface area contributed by atoms with Crippen LogP contribution >= 0.6 is 11.8 Å². The highest BCUT2D eigenvalue weighted by molar-refractivity contribution is 8.00. The van der Waals surface area contributed by atoms with E-state index >= 15 is 0 Å². The van der Waals surface area contributed by atoms with Crippen LogP contribution in [-0.4, -0.2) is 28.4 Å². The van der Waals surface area contributed by atoms with E-state index in [1.807, 2.05) is 18.2 Å². The summed E-state index contributed by atoms with van der Waals surface area (Å²) >= 11 is 1.56. The molecule has 0 spiro atoms. The highest BCUT2D eigenvalue weighted by Crippen LogP contribution is 2.39. The van der Waals surface area contributed by atoms with Crippen LogP contribution in [0, 0.1) is 0 Å². The zero-order chi connectivity index (χ0) is 21.8. The van der Waals surface area contributed by atoms with E-state index in [0.29, 0.717) is 29.2 Å². The summed E-state index contributed by atoms with van der Waals surface area (Å²) in [5.74, 6) is 0.779. The Hall–Kier alpha value is -3.52. The van der Waals surface area contributed by atoms with Gasteiger partial charge in [-0.05, 0) is 48.0 Å². The molecule has 3 aromatic rings. The largest absolute Gasteiger partial charge is 0.467 e. The molecule has 0 aliphatic carbocycles. The lowest BCUT2D eigenvalue weighted by atomic mass is 10.1. The quantitative estimate of drug-likeness (QED) is 0.604. The summed E-state index contributed by atoms with van der Waals surface area (Å²) in [6.07, 6.45) is 1.59. The third kappa shape index (κ3) is 4.97. The first kappa shape index (κ1) is 20.7. The summed E-state index contributed by atoms with van der Waals surface area (Å²) in [6.45, 7) is 1.84. The summed E-state index contributed by atoms with van der Waals surface area (Å²) in [5, 5.41) is 5.40. The molecule has 8 heteroatoms. The molecular formula is C23H21N3O4S. The van der Waals surface area contributed by atoms with Crippen LogP contribution in [0.3, 0.4) is 0 Å². The van der Waals surface area contributed by atoms with Crippen LogP contribution in [-0.2, 0) is 16.1 Å². The Kier molecular flexibility index (Phi) is 6.08. The van der Waals surface area contributed by atoms with Crippen molar-refractivity contribution in [3.05, 3.63) is 83.8 Å². The van der Waals surface area contributed by atoms with Crippen molar-refractivity contribution in [2.45, 2.75) is 18.8 Å². The van der Waals surface area contributed by atoms with Gasteiger partial charge in [-0.2, -0.15) is 0 Å². The maximum Gasteiger partial charge on any atom is 0.255 e. The SMILES string of the molecule is CC(=O)Nc1cccc(NC(=O)c2ccc([C@@H]3SCC(=O)N3Cc3ccco3)cc2)c1. The summed E-state index contributed by atoms with van der Waals surface area (Å²) in [5.41, 5.74) is 2.65. The lowest BCUT2D eigenvalue weighted by Gasteiger charge is -2.23. The van der Waals surface area contributed by atoms with E-state index in [1.54, 1.807) is 65.4 Å². The van der Waals surface area contributed by atoms with Crippen LogP contribution in [0.1, 0.15) is 34.0 Å². The smallest absolute Gasteiger partial charge is 0.255 e. The number of hydrogen-bond acceptors (Lipinski definition) is 5. The van der Waals surface area contributed by atoms with E-state index in [0.717, 1.165) is 11.3 Å². The van der Waals surface area contributed by atoms with E-state index in [2.05, 4.69) is 10.6 Å². The number of carbonyl (C=O) groups is 3. The van der Waals surface area contributed by atoms with Crippen molar-refractivity contribution in [2.24, 2.45) is 0 Å². The van der Waals surface area contributed by atoms with Gasteiger partial charge in [-0.1, -0.05) is 18.2 Å². The van der Waals surface area contributed by atoms with Crippen LogP contribution in [0.5, 0.6) is 0 Å². The summed E-state index contributed by atoms with van der Waals surface area (Å²) in [6, 6.07) is 17.8. The summed E-state index contributed by atoms with van der Waals surface area (Å²) in [7, 11) is 0. The predicted molar refractivity (Wildman–Crippen MR) is 120 cm³/mol. The highest BCUT2D eigenvalue weighted by atomic mass is 32.2. The van der Waals surface area contributed by atoms with E-state index in [4.69, 9.17) is 4.42 Å². The molecule has 1 saturated heterocycles. The Balaban J connectivity index is 1.44. The molecule has 2 N–H and O–H groups in total. The van der Waals surface area contributed by atoms with Gasteiger partial charge < -0.3 is 20.0 Å². The Labute approximate surface area is 183 Å². The van der Waals surface area contributed by atoms with Crippen LogP contribution in [0.25, 0.3) is 0 Å². The number of rotatable bonds is 6. The van der Waals surface area contributed by atoms with Crippen molar-refractivity contribution in [1.82, 2.24) is 4.90 Å².